The lowest BCUT2D eigenvalue weighted by Crippen LogP contribution is -2.19. The number of carbonyl (C=O) groups excluding carboxylic acids is 1. The second kappa shape index (κ2) is 7.52. The number of alkyl halides is 3. The maximum Gasteiger partial charge on any atom is 0.422 e. The van der Waals surface area contributed by atoms with Gasteiger partial charge in [-0.05, 0) is 30.3 Å². The number of carbonyl (C=O) groups is 1. The van der Waals surface area contributed by atoms with Crippen LogP contribution in [-0.4, -0.2) is 28.7 Å². The molecule has 5 nitrogen and oxygen atoms in total. The number of hydrogen-bond acceptors (Lipinski definition) is 5. The highest BCUT2D eigenvalue weighted by Crippen LogP contribution is 2.23. The van der Waals surface area contributed by atoms with E-state index in [4.69, 9.17) is 0 Å². The molecule has 0 fully saturated rings. The number of anilines is 1. The zero-order valence-corrected chi connectivity index (χ0v) is 14.0. The number of aromatic nitrogens is 2. The molecule has 0 unspecified atom stereocenters. The summed E-state index contributed by atoms with van der Waals surface area (Å²) in [6.45, 7) is -1.43. The summed E-state index contributed by atoms with van der Waals surface area (Å²) in [6.07, 6.45) is -1.57. The van der Waals surface area contributed by atoms with E-state index in [0.717, 1.165) is 16.8 Å². The van der Waals surface area contributed by atoms with Crippen LogP contribution in [-0.2, 0) is 0 Å². The molecule has 9 heteroatoms. The molecule has 0 atom stereocenters. The fourth-order valence-electron chi connectivity index (χ4n) is 2.02. The Morgan fingerprint density at radius 1 is 1.12 bits per heavy atom. The predicted molar refractivity (Wildman–Crippen MR) is 91.3 cm³/mol. The molecule has 0 bridgehead atoms. The first kappa shape index (κ1) is 17.9. The molecule has 0 radical (unpaired) electrons. The molecular formula is C17H12F3N3O2S. The van der Waals surface area contributed by atoms with Crippen molar-refractivity contribution in [2.45, 2.75) is 6.18 Å². The summed E-state index contributed by atoms with van der Waals surface area (Å²) in [4.78, 5) is 20.1. The monoisotopic (exact) mass is 379 g/mol. The smallest absolute Gasteiger partial charge is 0.422 e. The molecule has 0 saturated heterocycles. The molecule has 0 aliphatic carbocycles. The number of amides is 1. The van der Waals surface area contributed by atoms with Gasteiger partial charge in [-0.1, -0.05) is 0 Å². The van der Waals surface area contributed by atoms with Gasteiger partial charge in [0.25, 0.3) is 5.91 Å². The zero-order valence-electron chi connectivity index (χ0n) is 13.2. The summed E-state index contributed by atoms with van der Waals surface area (Å²) in [5.41, 5.74) is 1.71. The van der Waals surface area contributed by atoms with E-state index in [2.05, 4.69) is 20.0 Å². The average molecular weight is 379 g/mol. The average Bonchev–Trinajstić information content (AvgIpc) is 3.15. The van der Waals surface area contributed by atoms with Crippen molar-refractivity contribution in [1.29, 1.82) is 0 Å². The van der Waals surface area contributed by atoms with Crippen LogP contribution in [0.4, 0.5) is 18.9 Å². The molecule has 0 aliphatic heterocycles. The summed E-state index contributed by atoms with van der Waals surface area (Å²) in [5, 5.41) is 5.44. The van der Waals surface area contributed by atoms with Crippen LogP contribution < -0.4 is 10.1 Å². The van der Waals surface area contributed by atoms with Crippen molar-refractivity contribution in [3.63, 3.8) is 0 Å². The molecule has 1 aromatic carbocycles. The highest BCUT2D eigenvalue weighted by molar-refractivity contribution is 7.13. The van der Waals surface area contributed by atoms with Gasteiger partial charge in [-0.2, -0.15) is 13.2 Å². The van der Waals surface area contributed by atoms with Crippen LogP contribution in [0.2, 0.25) is 0 Å². The summed E-state index contributed by atoms with van der Waals surface area (Å²) in [6, 6.07) is 9.71. The molecule has 0 saturated carbocycles. The van der Waals surface area contributed by atoms with E-state index in [1.807, 2.05) is 17.5 Å². The van der Waals surface area contributed by atoms with Crippen molar-refractivity contribution >= 4 is 22.9 Å². The van der Waals surface area contributed by atoms with Gasteiger partial charge < -0.3 is 10.1 Å². The molecule has 1 amide bonds. The lowest BCUT2D eigenvalue weighted by molar-refractivity contribution is -0.154. The number of rotatable bonds is 5. The van der Waals surface area contributed by atoms with E-state index in [-0.39, 0.29) is 11.4 Å². The van der Waals surface area contributed by atoms with Crippen molar-refractivity contribution in [1.82, 2.24) is 9.97 Å². The van der Waals surface area contributed by atoms with Gasteiger partial charge >= 0.3 is 6.18 Å². The highest BCUT2D eigenvalue weighted by atomic mass is 32.1. The van der Waals surface area contributed by atoms with Gasteiger partial charge in [-0.25, -0.2) is 9.97 Å². The molecular weight excluding hydrogens is 367 g/mol. The quantitative estimate of drug-likeness (QED) is 0.714. The molecule has 0 spiro atoms. The number of pyridine rings is 1. The molecule has 134 valence electrons. The van der Waals surface area contributed by atoms with Crippen LogP contribution in [0.3, 0.4) is 0 Å². The first-order chi connectivity index (χ1) is 12.4. The van der Waals surface area contributed by atoms with Crippen LogP contribution in [0.1, 0.15) is 10.4 Å². The Kier molecular flexibility index (Phi) is 5.17. The minimum Gasteiger partial charge on any atom is -0.468 e. The van der Waals surface area contributed by atoms with Gasteiger partial charge in [0.05, 0.1) is 5.56 Å². The Morgan fingerprint density at radius 3 is 2.46 bits per heavy atom. The summed E-state index contributed by atoms with van der Waals surface area (Å²) >= 11 is 1.51. The van der Waals surface area contributed by atoms with Gasteiger partial charge in [0.1, 0.15) is 5.01 Å². The first-order valence-corrected chi connectivity index (χ1v) is 8.25. The highest BCUT2D eigenvalue weighted by Gasteiger charge is 2.28. The van der Waals surface area contributed by atoms with E-state index in [9.17, 15) is 18.0 Å². The topological polar surface area (TPSA) is 64.1 Å². The predicted octanol–water partition coefficient (Wildman–Crippen LogP) is 4.40. The van der Waals surface area contributed by atoms with Crippen LogP contribution in [0.15, 0.2) is 54.2 Å². The fourth-order valence-corrected chi connectivity index (χ4v) is 2.67. The van der Waals surface area contributed by atoms with Crippen molar-refractivity contribution in [3.05, 3.63) is 59.7 Å². The normalized spacial score (nSPS) is 11.2. The van der Waals surface area contributed by atoms with Gasteiger partial charge in [-0.15, -0.1) is 11.3 Å². The number of ether oxygens (including phenoxy) is 1. The Balaban J connectivity index is 1.61. The van der Waals surface area contributed by atoms with Gasteiger partial charge in [0, 0.05) is 35.1 Å². The number of thiazole rings is 1. The van der Waals surface area contributed by atoms with Crippen molar-refractivity contribution < 1.29 is 22.7 Å². The minimum absolute atomic E-state index is 0.202. The second-order valence-corrected chi connectivity index (χ2v) is 6.05. The molecule has 3 rings (SSSR count). The molecule has 2 heterocycles. The molecule has 3 aromatic rings. The third-order valence-electron chi connectivity index (χ3n) is 3.20. The van der Waals surface area contributed by atoms with E-state index in [1.54, 1.807) is 18.3 Å². The summed E-state index contributed by atoms with van der Waals surface area (Å²) < 4.78 is 40.8. The maximum absolute atomic E-state index is 12.2. The number of nitrogens with one attached hydrogen (secondary N) is 1. The lowest BCUT2D eigenvalue weighted by atomic mass is 10.2. The van der Waals surface area contributed by atoms with Crippen molar-refractivity contribution in [2.24, 2.45) is 0 Å². The van der Waals surface area contributed by atoms with Gasteiger partial charge in [0.15, 0.2) is 6.61 Å². The summed E-state index contributed by atoms with van der Waals surface area (Å²) in [5.74, 6) is -0.631. The van der Waals surface area contributed by atoms with Crippen molar-refractivity contribution in [2.75, 3.05) is 11.9 Å². The summed E-state index contributed by atoms with van der Waals surface area (Å²) in [7, 11) is 0. The lowest BCUT2D eigenvalue weighted by Gasteiger charge is -2.09. The third-order valence-corrected chi connectivity index (χ3v) is 4.03. The van der Waals surface area contributed by atoms with Crippen LogP contribution >= 0.6 is 11.3 Å². The SMILES string of the molecule is O=C(Nc1ccc(-c2nccs2)cc1)c1ccc(OCC(F)(F)F)nc1. The van der Waals surface area contributed by atoms with Gasteiger partial charge in [0.2, 0.25) is 5.88 Å². The zero-order chi connectivity index (χ0) is 18.6. The van der Waals surface area contributed by atoms with E-state index >= 15 is 0 Å². The Hall–Kier alpha value is -2.94. The fraction of sp³-hybridized carbons (Fsp3) is 0.118. The van der Waals surface area contributed by atoms with Crippen LogP contribution in [0, 0.1) is 0 Å². The van der Waals surface area contributed by atoms with Gasteiger partial charge in [-0.3, -0.25) is 4.79 Å². The third kappa shape index (κ3) is 4.79. The molecule has 1 N–H and O–H groups in total. The van der Waals surface area contributed by atoms with E-state index in [1.165, 1.54) is 23.5 Å². The minimum atomic E-state index is -4.44. The second-order valence-electron chi connectivity index (χ2n) is 5.16. The number of hydrogen-bond donors (Lipinski definition) is 1. The Bertz CT molecular complexity index is 864. The Morgan fingerprint density at radius 2 is 1.88 bits per heavy atom. The molecule has 0 aliphatic rings. The largest absolute Gasteiger partial charge is 0.468 e. The van der Waals surface area contributed by atoms with Crippen LogP contribution in [0.5, 0.6) is 5.88 Å². The standard InChI is InChI=1S/C17H12F3N3O2S/c18-17(19,20)10-25-14-6-3-12(9-22-14)15(24)23-13-4-1-11(2-5-13)16-21-7-8-26-16/h1-9H,10H2,(H,23,24). The number of halogens is 3. The van der Waals surface area contributed by atoms with E-state index in [0.29, 0.717) is 5.69 Å². The number of benzene rings is 1. The number of nitrogens with zero attached hydrogens (tertiary/aromatic N) is 2. The van der Waals surface area contributed by atoms with Crippen molar-refractivity contribution in [3.8, 4) is 16.5 Å². The molecule has 26 heavy (non-hydrogen) atoms. The van der Waals surface area contributed by atoms with Crippen LogP contribution in [0.25, 0.3) is 10.6 Å². The Labute approximate surface area is 150 Å². The van der Waals surface area contributed by atoms with E-state index < -0.39 is 18.7 Å². The molecule has 2 aromatic heterocycles. The first-order valence-electron chi connectivity index (χ1n) is 7.37. The maximum atomic E-state index is 12.2.